The lowest BCUT2D eigenvalue weighted by atomic mass is 9.64. The van der Waals surface area contributed by atoms with Crippen molar-refractivity contribution in [3.63, 3.8) is 0 Å². The van der Waals surface area contributed by atoms with Gasteiger partial charge in [0.25, 0.3) is 0 Å². The number of hydrogen-bond donors (Lipinski definition) is 1. The number of rotatable bonds is 1. The largest absolute Gasteiger partial charge is 0.372 e. The van der Waals surface area contributed by atoms with Crippen molar-refractivity contribution in [2.45, 2.75) is 51.4 Å². The van der Waals surface area contributed by atoms with Crippen LogP contribution in [-0.2, 0) is 4.74 Å². The molecule has 2 heteroatoms. The van der Waals surface area contributed by atoms with Crippen molar-refractivity contribution in [2.24, 2.45) is 5.41 Å². The van der Waals surface area contributed by atoms with Crippen LogP contribution in [0.2, 0.25) is 0 Å². The van der Waals surface area contributed by atoms with E-state index in [1.807, 2.05) is 7.05 Å². The maximum absolute atomic E-state index is 5.93. The van der Waals surface area contributed by atoms with Crippen LogP contribution in [0.3, 0.4) is 0 Å². The van der Waals surface area contributed by atoms with Gasteiger partial charge in [-0.2, -0.15) is 0 Å². The molecule has 70 valence electrons. The standard InChI is InChI=1S/C10H19NO/c1-9(2)7-5-6-8(12-7)10(9,3)11-4/h7-8,11H,5-6H2,1-4H3/t7-,8+,10+/m1/s1. The molecule has 0 unspecified atom stereocenters. The molecule has 2 heterocycles. The number of fused-ring (bicyclic) bond motifs is 2. The van der Waals surface area contributed by atoms with Gasteiger partial charge in [0, 0.05) is 11.0 Å². The summed E-state index contributed by atoms with van der Waals surface area (Å²) in [4.78, 5) is 0. The van der Waals surface area contributed by atoms with E-state index in [2.05, 4.69) is 26.1 Å². The van der Waals surface area contributed by atoms with Crippen LogP contribution in [0.25, 0.3) is 0 Å². The minimum atomic E-state index is 0.177. The van der Waals surface area contributed by atoms with Gasteiger partial charge in [0.05, 0.1) is 12.2 Å². The number of ether oxygens (including phenoxy) is 1. The van der Waals surface area contributed by atoms with Crippen molar-refractivity contribution in [1.82, 2.24) is 5.32 Å². The van der Waals surface area contributed by atoms with Gasteiger partial charge in [-0.25, -0.2) is 0 Å². The summed E-state index contributed by atoms with van der Waals surface area (Å²) in [5.41, 5.74) is 0.459. The van der Waals surface area contributed by atoms with Gasteiger partial charge in [-0.3, -0.25) is 0 Å². The molecular formula is C10H19NO. The summed E-state index contributed by atoms with van der Waals surface area (Å²) in [6.45, 7) is 6.91. The van der Waals surface area contributed by atoms with E-state index in [0.29, 0.717) is 12.2 Å². The first kappa shape index (κ1) is 8.52. The highest BCUT2D eigenvalue weighted by Crippen LogP contribution is 2.53. The molecule has 2 aliphatic rings. The molecule has 0 aromatic carbocycles. The molecule has 0 amide bonds. The van der Waals surface area contributed by atoms with Crippen LogP contribution in [-0.4, -0.2) is 24.8 Å². The predicted molar refractivity (Wildman–Crippen MR) is 49.1 cm³/mol. The maximum Gasteiger partial charge on any atom is 0.0765 e. The average Bonchev–Trinajstić information content (AvgIpc) is 2.55. The zero-order valence-corrected chi connectivity index (χ0v) is 8.48. The van der Waals surface area contributed by atoms with Crippen molar-refractivity contribution in [2.75, 3.05) is 7.05 Å². The first-order valence-corrected chi connectivity index (χ1v) is 4.87. The van der Waals surface area contributed by atoms with Gasteiger partial charge in [-0.05, 0) is 26.8 Å². The summed E-state index contributed by atoms with van der Waals surface area (Å²) in [6, 6.07) is 0. The molecule has 0 spiro atoms. The highest BCUT2D eigenvalue weighted by molar-refractivity contribution is 5.14. The highest BCUT2D eigenvalue weighted by Gasteiger charge is 2.61. The third-order valence-corrected chi connectivity index (χ3v) is 4.33. The zero-order valence-electron chi connectivity index (χ0n) is 8.48. The van der Waals surface area contributed by atoms with Crippen molar-refractivity contribution >= 4 is 0 Å². The molecule has 12 heavy (non-hydrogen) atoms. The van der Waals surface area contributed by atoms with Crippen LogP contribution in [0.5, 0.6) is 0 Å². The molecule has 1 N–H and O–H groups in total. The molecule has 0 saturated carbocycles. The Labute approximate surface area is 74.7 Å². The lowest BCUT2D eigenvalue weighted by Crippen LogP contribution is -2.59. The van der Waals surface area contributed by atoms with Crippen molar-refractivity contribution in [3.05, 3.63) is 0 Å². The Bertz CT molecular complexity index is 202. The molecule has 2 aliphatic heterocycles. The van der Waals surface area contributed by atoms with E-state index < -0.39 is 0 Å². The Morgan fingerprint density at radius 2 is 1.75 bits per heavy atom. The average molecular weight is 169 g/mol. The van der Waals surface area contributed by atoms with Crippen LogP contribution in [0.4, 0.5) is 0 Å². The molecule has 3 atom stereocenters. The van der Waals surface area contributed by atoms with Crippen LogP contribution >= 0.6 is 0 Å². The second kappa shape index (κ2) is 2.24. The topological polar surface area (TPSA) is 21.3 Å². The molecule has 2 nitrogen and oxygen atoms in total. The Balaban J connectivity index is 2.34. The summed E-state index contributed by atoms with van der Waals surface area (Å²) in [5, 5.41) is 3.44. The monoisotopic (exact) mass is 169 g/mol. The number of likely N-dealkylation sites (N-methyl/N-ethyl adjacent to an activating group) is 1. The van der Waals surface area contributed by atoms with E-state index in [0.717, 1.165) is 0 Å². The van der Waals surface area contributed by atoms with Gasteiger partial charge in [0.15, 0.2) is 0 Å². The molecule has 2 saturated heterocycles. The summed E-state index contributed by atoms with van der Waals surface area (Å²) in [5.74, 6) is 0. The third-order valence-electron chi connectivity index (χ3n) is 4.33. The first-order valence-electron chi connectivity index (χ1n) is 4.87. The number of hydrogen-bond acceptors (Lipinski definition) is 2. The molecular weight excluding hydrogens is 150 g/mol. The van der Waals surface area contributed by atoms with Gasteiger partial charge >= 0.3 is 0 Å². The SMILES string of the molecule is CN[C@@]1(C)[C@@H]2CC[C@@H](O2)C1(C)C. The molecule has 0 aliphatic carbocycles. The van der Waals surface area contributed by atoms with E-state index in [9.17, 15) is 0 Å². The van der Waals surface area contributed by atoms with E-state index in [1.54, 1.807) is 0 Å². The molecule has 0 radical (unpaired) electrons. The fourth-order valence-electron chi connectivity index (χ4n) is 2.83. The maximum atomic E-state index is 5.93. The molecule has 2 rings (SSSR count). The fourth-order valence-corrected chi connectivity index (χ4v) is 2.83. The van der Waals surface area contributed by atoms with E-state index >= 15 is 0 Å². The van der Waals surface area contributed by atoms with Crippen LogP contribution in [0.1, 0.15) is 33.6 Å². The first-order chi connectivity index (χ1) is 5.52. The Hall–Kier alpha value is -0.0800. The summed E-state index contributed by atoms with van der Waals surface area (Å²) < 4.78 is 5.93. The van der Waals surface area contributed by atoms with Gasteiger partial charge in [-0.1, -0.05) is 13.8 Å². The smallest absolute Gasteiger partial charge is 0.0765 e. The second-order valence-electron chi connectivity index (χ2n) is 4.86. The lowest BCUT2D eigenvalue weighted by Gasteiger charge is -2.44. The van der Waals surface area contributed by atoms with Crippen LogP contribution < -0.4 is 5.32 Å². The second-order valence-corrected chi connectivity index (χ2v) is 4.86. The van der Waals surface area contributed by atoms with E-state index in [4.69, 9.17) is 4.74 Å². The van der Waals surface area contributed by atoms with Gasteiger partial charge < -0.3 is 10.1 Å². The van der Waals surface area contributed by atoms with Crippen LogP contribution in [0.15, 0.2) is 0 Å². The zero-order chi connectivity index (χ0) is 8.98. The van der Waals surface area contributed by atoms with Crippen molar-refractivity contribution < 1.29 is 4.74 Å². The van der Waals surface area contributed by atoms with Crippen molar-refractivity contribution in [1.29, 1.82) is 0 Å². The normalized spacial score (nSPS) is 50.0. The summed E-state index contributed by atoms with van der Waals surface area (Å²) >= 11 is 0. The fraction of sp³-hybridized carbons (Fsp3) is 1.00. The molecule has 2 bridgehead atoms. The Morgan fingerprint density at radius 3 is 2.08 bits per heavy atom. The minimum absolute atomic E-state index is 0.177. The van der Waals surface area contributed by atoms with Gasteiger partial charge in [0.1, 0.15) is 0 Å². The Kier molecular flexibility index (Phi) is 1.59. The van der Waals surface area contributed by atoms with Crippen molar-refractivity contribution in [3.8, 4) is 0 Å². The molecule has 2 fully saturated rings. The summed E-state index contributed by atoms with van der Waals surface area (Å²) in [7, 11) is 2.05. The lowest BCUT2D eigenvalue weighted by molar-refractivity contribution is 0.0734. The van der Waals surface area contributed by atoms with E-state index in [1.165, 1.54) is 12.8 Å². The quantitative estimate of drug-likeness (QED) is 0.643. The Morgan fingerprint density at radius 1 is 1.17 bits per heavy atom. The third kappa shape index (κ3) is 0.728. The summed E-state index contributed by atoms with van der Waals surface area (Å²) in [6.07, 6.45) is 3.38. The minimum Gasteiger partial charge on any atom is -0.372 e. The number of nitrogens with one attached hydrogen (secondary N) is 1. The molecule has 0 aromatic rings. The van der Waals surface area contributed by atoms with E-state index in [-0.39, 0.29) is 11.0 Å². The highest BCUT2D eigenvalue weighted by atomic mass is 16.5. The predicted octanol–water partition coefficient (Wildman–Crippen LogP) is 1.55. The van der Waals surface area contributed by atoms with Gasteiger partial charge in [0.2, 0.25) is 0 Å². The molecule has 0 aromatic heterocycles. The van der Waals surface area contributed by atoms with Gasteiger partial charge in [-0.15, -0.1) is 0 Å². The van der Waals surface area contributed by atoms with Crippen LogP contribution in [0, 0.1) is 5.41 Å².